The fourth-order valence-electron chi connectivity index (χ4n) is 2.45. The van der Waals surface area contributed by atoms with Gasteiger partial charge in [0.2, 0.25) is 5.91 Å². The first-order valence-corrected chi connectivity index (χ1v) is 6.45. The molecule has 1 saturated carbocycles. The Morgan fingerprint density at radius 3 is 2.40 bits per heavy atom. The number of allylic oxidation sites excluding steroid dienone is 1. The largest absolute Gasteiger partial charge is 0.414 e. The molecule has 112 valence electrons. The Balaban J connectivity index is 2.11. The van der Waals surface area contributed by atoms with Crippen LogP contribution in [0, 0.1) is 10.8 Å². The Labute approximate surface area is 115 Å². The first-order valence-electron chi connectivity index (χ1n) is 6.45. The monoisotopic (exact) mass is 289 g/mol. The van der Waals surface area contributed by atoms with Crippen molar-refractivity contribution < 1.29 is 18.0 Å². The zero-order chi connectivity index (χ0) is 15.2. The molecule has 1 spiro atoms. The van der Waals surface area contributed by atoms with Gasteiger partial charge < -0.3 is 5.73 Å². The molecule has 1 aliphatic heterocycles. The van der Waals surface area contributed by atoms with Gasteiger partial charge in [0, 0.05) is 24.3 Å². The van der Waals surface area contributed by atoms with Crippen molar-refractivity contribution in [1.29, 1.82) is 0 Å². The van der Waals surface area contributed by atoms with E-state index in [0.29, 0.717) is 19.2 Å². The molecule has 2 rings (SSSR count). The molecule has 2 fully saturated rings. The van der Waals surface area contributed by atoms with Gasteiger partial charge >= 0.3 is 6.18 Å². The Bertz CT molecular complexity index is 476. The third-order valence-electron chi connectivity index (χ3n) is 3.94. The molecule has 4 nitrogen and oxygen atoms in total. The zero-order valence-electron chi connectivity index (χ0n) is 11.5. The summed E-state index contributed by atoms with van der Waals surface area (Å²) < 4.78 is 38.5. The molecule has 0 atom stereocenters. The lowest BCUT2D eigenvalue weighted by Crippen LogP contribution is -2.30. The van der Waals surface area contributed by atoms with Crippen molar-refractivity contribution in [3.05, 3.63) is 11.8 Å². The van der Waals surface area contributed by atoms with E-state index in [9.17, 15) is 18.0 Å². The van der Waals surface area contributed by atoms with E-state index in [1.807, 2.05) is 0 Å². The van der Waals surface area contributed by atoms with Crippen LogP contribution in [0.5, 0.6) is 0 Å². The van der Waals surface area contributed by atoms with Crippen LogP contribution in [0.4, 0.5) is 13.2 Å². The molecule has 0 unspecified atom stereocenters. The van der Waals surface area contributed by atoms with E-state index in [0.717, 1.165) is 19.1 Å². The fraction of sp³-hybridized carbons (Fsp3) is 0.692. The molecule has 2 N–H and O–H groups in total. The van der Waals surface area contributed by atoms with E-state index in [1.54, 1.807) is 0 Å². The molecule has 2 aliphatic rings. The van der Waals surface area contributed by atoms with E-state index in [1.165, 1.54) is 18.9 Å². The molecule has 0 radical (unpaired) electrons. The van der Waals surface area contributed by atoms with E-state index in [4.69, 9.17) is 5.73 Å². The topological polar surface area (TPSA) is 58.7 Å². The van der Waals surface area contributed by atoms with Gasteiger partial charge in [-0.15, -0.1) is 0 Å². The Morgan fingerprint density at radius 2 is 2.00 bits per heavy atom. The summed E-state index contributed by atoms with van der Waals surface area (Å²) in [5.41, 5.74) is 2.87. The van der Waals surface area contributed by atoms with Crippen LogP contribution in [-0.2, 0) is 4.79 Å². The normalized spacial score (nSPS) is 23.1. The van der Waals surface area contributed by atoms with Crippen LogP contribution >= 0.6 is 0 Å². The van der Waals surface area contributed by atoms with Gasteiger partial charge in [0.1, 0.15) is 0 Å². The van der Waals surface area contributed by atoms with E-state index in [-0.39, 0.29) is 11.3 Å². The van der Waals surface area contributed by atoms with Crippen molar-refractivity contribution >= 4 is 12.1 Å². The van der Waals surface area contributed by atoms with Gasteiger partial charge in [-0.1, -0.05) is 13.8 Å². The maximum atomic E-state index is 12.8. The van der Waals surface area contributed by atoms with Gasteiger partial charge in [-0.3, -0.25) is 4.79 Å². The van der Waals surface area contributed by atoms with Crippen molar-refractivity contribution in [2.45, 2.75) is 39.3 Å². The van der Waals surface area contributed by atoms with Gasteiger partial charge in [0.15, 0.2) is 0 Å². The number of hydrogen-bond acceptors (Lipinski definition) is 3. The molecule has 1 saturated heterocycles. The molecule has 0 bridgehead atoms. The molecule has 1 aliphatic carbocycles. The molecular weight excluding hydrogens is 271 g/mol. The van der Waals surface area contributed by atoms with Crippen LogP contribution < -0.4 is 5.73 Å². The average Bonchev–Trinajstić information content (AvgIpc) is 2.93. The average molecular weight is 289 g/mol. The highest BCUT2D eigenvalue weighted by Gasteiger charge is 2.52. The molecule has 1 heterocycles. The lowest BCUT2D eigenvalue weighted by Gasteiger charge is -2.25. The number of amides is 1. The SMILES string of the molecule is CC(C)(/C=N/N1CC2(CC2)CC1=O)/C(=C\N)C(F)(F)F. The molecule has 0 aromatic carbocycles. The number of rotatable bonds is 3. The van der Waals surface area contributed by atoms with E-state index < -0.39 is 17.2 Å². The Kier molecular flexibility index (Phi) is 3.34. The van der Waals surface area contributed by atoms with Gasteiger partial charge in [-0.25, -0.2) is 5.01 Å². The molecule has 1 amide bonds. The van der Waals surface area contributed by atoms with Crippen molar-refractivity contribution in [3.63, 3.8) is 0 Å². The number of alkyl halides is 3. The quantitative estimate of drug-likeness (QED) is 0.811. The van der Waals surface area contributed by atoms with Crippen molar-refractivity contribution in [1.82, 2.24) is 5.01 Å². The maximum absolute atomic E-state index is 12.8. The number of nitrogens with zero attached hydrogens (tertiary/aromatic N) is 2. The Morgan fingerprint density at radius 1 is 1.40 bits per heavy atom. The van der Waals surface area contributed by atoms with Crippen molar-refractivity contribution in [2.24, 2.45) is 21.7 Å². The smallest absolute Gasteiger partial charge is 0.404 e. The maximum Gasteiger partial charge on any atom is 0.414 e. The molecule has 7 heteroatoms. The highest BCUT2D eigenvalue weighted by molar-refractivity contribution is 5.81. The summed E-state index contributed by atoms with van der Waals surface area (Å²) in [6.07, 6.45) is -0.380. The predicted molar refractivity (Wildman–Crippen MR) is 68.6 cm³/mol. The Hall–Kier alpha value is -1.53. The summed E-state index contributed by atoms with van der Waals surface area (Å²) in [5, 5.41) is 5.23. The first kappa shape index (κ1) is 14.9. The minimum Gasteiger partial charge on any atom is -0.404 e. The van der Waals surface area contributed by atoms with Crippen LogP contribution in [-0.4, -0.2) is 29.9 Å². The van der Waals surface area contributed by atoms with Crippen molar-refractivity contribution in [3.8, 4) is 0 Å². The van der Waals surface area contributed by atoms with E-state index >= 15 is 0 Å². The fourth-order valence-corrected chi connectivity index (χ4v) is 2.45. The number of carbonyl (C=O) groups excluding carboxylic acids is 1. The van der Waals surface area contributed by atoms with Gasteiger partial charge in [-0.2, -0.15) is 18.3 Å². The third kappa shape index (κ3) is 2.81. The molecule has 0 aromatic rings. The second-order valence-corrected chi connectivity index (χ2v) is 6.17. The van der Waals surface area contributed by atoms with Crippen molar-refractivity contribution in [2.75, 3.05) is 6.54 Å². The molecule has 0 aromatic heterocycles. The summed E-state index contributed by atoms with van der Waals surface area (Å²) in [7, 11) is 0. The van der Waals surface area contributed by atoms with Crippen LogP contribution in [0.1, 0.15) is 33.1 Å². The van der Waals surface area contributed by atoms with Crippen LogP contribution in [0.2, 0.25) is 0 Å². The standard InChI is InChI=1S/C13H18F3N3O/c1-11(2,9(6-17)13(14,15)16)7-18-19-8-12(3-4-12)5-10(19)20/h6-7H,3-5,8,17H2,1-2H3/b9-6+,18-7+. The number of carbonyl (C=O) groups is 1. The van der Waals surface area contributed by atoms with Crippen LogP contribution in [0.15, 0.2) is 16.9 Å². The highest BCUT2D eigenvalue weighted by Crippen LogP contribution is 2.53. The third-order valence-corrected chi connectivity index (χ3v) is 3.94. The first-order chi connectivity index (χ1) is 9.10. The lowest BCUT2D eigenvalue weighted by molar-refractivity contribution is -0.127. The predicted octanol–water partition coefficient (Wildman–Crippen LogP) is 2.42. The van der Waals surface area contributed by atoms with Crippen LogP contribution in [0.25, 0.3) is 0 Å². The second kappa shape index (κ2) is 4.49. The number of halogens is 3. The zero-order valence-corrected chi connectivity index (χ0v) is 11.5. The molecular formula is C13H18F3N3O. The summed E-state index contributed by atoms with van der Waals surface area (Å²) in [6, 6.07) is 0. The minimum atomic E-state index is -4.52. The minimum absolute atomic E-state index is 0.0368. The van der Waals surface area contributed by atoms with Gasteiger partial charge in [0.25, 0.3) is 0 Å². The molecule has 20 heavy (non-hydrogen) atoms. The lowest BCUT2D eigenvalue weighted by atomic mass is 9.85. The summed E-state index contributed by atoms with van der Waals surface area (Å²) >= 11 is 0. The second-order valence-electron chi connectivity index (χ2n) is 6.17. The number of hydrogen-bond donors (Lipinski definition) is 1. The highest BCUT2D eigenvalue weighted by atomic mass is 19.4. The van der Waals surface area contributed by atoms with Gasteiger partial charge in [-0.05, 0) is 18.3 Å². The van der Waals surface area contributed by atoms with Crippen LogP contribution in [0.3, 0.4) is 0 Å². The summed E-state index contributed by atoms with van der Waals surface area (Å²) in [6.45, 7) is 3.25. The summed E-state index contributed by atoms with van der Waals surface area (Å²) in [4.78, 5) is 11.7. The number of hydrazone groups is 1. The van der Waals surface area contributed by atoms with E-state index in [2.05, 4.69) is 5.10 Å². The number of nitrogens with two attached hydrogens (primary N) is 1. The van der Waals surface area contributed by atoms with Gasteiger partial charge in [0.05, 0.1) is 12.1 Å². The summed E-state index contributed by atoms with van der Waals surface area (Å²) in [5.74, 6) is -0.125.